The van der Waals surface area contributed by atoms with E-state index in [1.165, 1.54) is 56.5 Å². The van der Waals surface area contributed by atoms with E-state index in [9.17, 15) is 0 Å². The second kappa shape index (κ2) is 5.94. The Morgan fingerprint density at radius 3 is 2.58 bits per heavy atom. The molecule has 1 saturated heterocycles. The lowest BCUT2D eigenvalue weighted by atomic mass is 9.85. The summed E-state index contributed by atoms with van der Waals surface area (Å²) in [5.74, 6) is 0. The summed E-state index contributed by atoms with van der Waals surface area (Å²) in [7, 11) is 0. The summed E-state index contributed by atoms with van der Waals surface area (Å²) in [4.78, 5) is 4.35. The molecule has 19 heavy (non-hydrogen) atoms. The molecular formula is C16H26N2S. The monoisotopic (exact) mass is 278 g/mol. The second-order valence-electron chi connectivity index (χ2n) is 6.01. The molecule has 2 heterocycles. The lowest BCUT2D eigenvalue weighted by Gasteiger charge is -2.45. The van der Waals surface area contributed by atoms with Crippen LogP contribution in [0.4, 0.5) is 0 Å². The number of likely N-dealkylation sites (N-methyl/N-ethyl adjacent to an activating group) is 1. The Balaban J connectivity index is 1.91. The van der Waals surface area contributed by atoms with Crippen LogP contribution in [-0.4, -0.2) is 30.1 Å². The van der Waals surface area contributed by atoms with Crippen molar-refractivity contribution >= 4 is 11.3 Å². The zero-order valence-electron chi connectivity index (χ0n) is 12.0. The van der Waals surface area contributed by atoms with Crippen LogP contribution in [0, 0.1) is 0 Å². The first-order chi connectivity index (χ1) is 9.37. The van der Waals surface area contributed by atoms with Crippen LogP contribution in [0.1, 0.15) is 56.4 Å². The lowest BCUT2D eigenvalue weighted by Crippen LogP contribution is -2.53. The number of nitrogens with zero attached hydrogens (tertiary/aromatic N) is 1. The maximum absolute atomic E-state index is 3.81. The third kappa shape index (κ3) is 2.48. The summed E-state index contributed by atoms with van der Waals surface area (Å²) < 4.78 is 0. The molecule has 1 N–H and O–H groups in total. The Morgan fingerprint density at radius 2 is 2.00 bits per heavy atom. The molecule has 0 radical (unpaired) electrons. The molecule has 1 aliphatic carbocycles. The lowest BCUT2D eigenvalue weighted by molar-refractivity contribution is 0.0784. The van der Waals surface area contributed by atoms with Crippen LogP contribution in [-0.2, 0) is 0 Å². The van der Waals surface area contributed by atoms with E-state index in [0.29, 0.717) is 11.6 Å². The van der Waals surface area contributed by atoms with Gasteiger partial charge in [-0.3, -0.25) is 4.90 Å². The molecule has 1 aromatic rings. The van der Waals surface area contributed by atoms with Crippen LogP contribution in [0.3, 0.4) is 0 Å². The molecule has 1 unspecified atom stereocenters. The van der Waals surface area contributed by atoms with Gasteiger partial charge in [0, 0.05) is 10.4 Å². The zero-order valence-corrected chi connectivity index (χ0v) is 12.8. The van der Waals surface area contributed by atoms with Crippen LogP contribution in [0.25, 0.3) is 0 Å². The van der Waals surface area contributed by atoms with Crippen LogP contribution >= 0.6 is 11.3 Å². The summed E-state index contributed by atoms with van der Waals surface area (Å²) in [5, 5.41) is 6.04. The maximum Gasteiger partial charge on any atom is 0.0601 e. The molecule has 0 bridgehead atoms. The van der Waals surface area contributed by atoms with E-state index >= 15 is 0 Å². The van der Waals surface area contributed by atoms with E-state index in [0.717, 1.165) is 6.54 Å². The maximum atomic E-state index is 3.81. The average Bonchev–Trinajstić information content (AvgIpc) is 3.15. The van der Waals surface area contributed by atoms with Crippen molar-refractivity contribution in [2.24, 2.45) is 0 Å². The van der Waals surface area contributed by atoms with Gasteiger partial charge in [-0.25, -0.2) is 0 Å². The summed E-state index contributed by atoms with van der Waals surface area (Å²) >= 11 is 1.93. The Kier molecular flexibility index (Phi) is 4.25. The minimum Gasteiger partial charge on any atom is -0.308 e. The van der Waals surface area contributed by atoms with E-state index in [2.05, 4.69) is 34.7 Å². The van der Waals surface area contributed by atoms with Gasteiger partial charge in [0.2, 0.25) is 0 Å². The first kappa shape index (κ1) is 13.6. The molecule has 0 amide bonds. The topological polar surface area (TPSA) is 15.3 Å². The number of hydrogen-bond donors (Lipinski definition) is 1. The van der Waals surface area contributed by atoms with Gasteiger partial charge in [0.1, 0.15) is 0 Å². The van der Waals surface area contributed by atoms with Gasteiger partial charge in [-0.15, -0.1) is 11.3 Å². The molecule has 3 heteroatoms. The largest absolute Gasteiger partial charge is 0.308 e. The molecule has 2 aliphatic rings. The summed E-state index contributed by atoms with van der Waals surface area (Å²) in [6.45, 7) is 5.94. The molecule has 2 fully saturated rings. The highest BCUT2D eigenvalue weighted by atomic mass is 32.1. The molecule has 0 aromatic carbocycles. The Bertz CT molecular complexity index is 375. The predicted octanol–water partition coefficient (Wildman–Crippen LogP) is 3.81. The van der Waals surface area contributed by atoms with Crippen molar-refractivity contribution in [2.45, 2.75) is 57.0 Å². The fourth-order valence-corrected chi connectivity index (χ4v) is 5.06. The third-order valence-corrected chi connectivity index (χ3v) is 5.92. The quantitative estimate of drug-likeness (QED) is 0.881. The second-order valence-corrected chi connectivity index (χ2v) is 6.99. The predicted molar refractivity (Wildman–Crippen MR) is 82.7 cm³/mol. The fourth-order valence-electron chi connectivity index (χ4n) is 4.15. The Hall–Kier alpha value is -0.380. The van der Waals surface area contributed by atoms with E-state index in [1.54, 1.807) is 0 Å². The molecule has 0 spiro atoms. The van der Waals surface area contributed by atoms with E-state index in [-0.39, 0.29) is 0 Å². The summed E-state index contributed by atoms with van der Waals surface area (Å²) in [5.41, 5.74) is 0.400. The molecule has 1 aliphatic heterocycles. The van der Waals surface area contributed by atoms with Crippen LogP contribution in [0.15, 0.2) is 17.5 Å². The van der Waals surface area contributed by atoms with Gasteiger partial charge in [-0.05, 0) is 56.8 Å². The first-order valence-corrected chi connectivity index (χ1v) is 8.76. The Labute approximate surface area is 121 Å². The number of hydrogen-bond acceptors (Lipinski definition) is 3. The molecule has 106 valence electrons. The van der Waals surface area contributed by atoms with Crippen molar-refractivity contribution in [3.63, 3.8) is 0 Å². The van der Waals surface area contributed by atoms with Crippen molar-refractivity contribution in [1.29, 1.82) is 0 Å². The van der Waals surface area contributed by atoms with Crippen molar-refractivity contribution < 1.29 is 0 Å². The van der Waals surface area contributed by atoms with Gasteiger partial charge < -0.3 is 5.32 Å². The fraction of sp³-hybridized carbons (Fsp3) is 0.750. The summed E-state index contributed by atoms with van der Waals surface area (Å²) in [6, 6.07) is 5.07. The normalized spacial score (nSPS) is 24.9. The first-order valence-electron chi connectivity index (χ1n) is 7.89. The zero-order chi connectivity index (χ0) is 13.1. The van der Waals surface area contributed by atoms with Crippen molar-refractivity contribution in [3.8, 4) is 0 Å². The van der Waals surface area contributed by atoms with Gasteiger partial charge >= 0.3 is 0 Å². The van der Waals surface area contributed by atoms with Crippen molar-refractivity contribution in [2.75, 3.05) is 19.6 Å². The molecule has 1 aromatic heterocycles. The minimum atomic E-state index is 0.400. The third-order valence-electron chi connectivity index (χ3n) is 4.98. The van der Waals surface area contributed by atoms with Gasteiger partial charge in [-0.2, -0.15) is 0 Å². The SMILES string of the molecule is CCNC(c1cccs1)C1(N2CCCC2)CCCC1. The average molecular weight is 278 g/mol. The van der Waals surface area contributed by atoms with Gasteiger partial charge in [0.25, 0.3) is 0 Å². The number of nitrogens with one attached hydrogen (secondary N) is 1. The highest BCUT2D eigenvalue weighted by Gasteiger charge is 2.47. The van der Waals surface area contributed by atoms with Crippen molar-refractivity contribution in [3.05, 3.63) is 22.4 Å². The molecule has 1 atom stereocenters. The smallest absolute Gasteiger partial charge is 0.0601 e. The molecule has 1 saturated carbocycles. The van der Waals surface area contributed by atoms with E-state index in [1.807, 2.05) is 11.3 Å². The summed E-state index contributed by atoms with van der Waals surface area (Å²) in [6.07, 6.45) is 8.36. The number of rotatable bonds is 5. The van der Waals surface area contributed by atoms with Crippen LogP contribution < -0.4 is 5.32 Å². The highest BCUT2D eigenvalue weighted by Crippen LogP contribution is 2.46. The standard InChI is InChI=1S/C16H26N2S/c1-2-17-15(14-8-7-13-19-14)16(9-3-4-10-16)18-11-5-6-12-18/h7-8,13,15,17H,2-6,9-12H2,1H3. The number of likely N-dealkylation sites (tertiary alicyclic amines) is 1. The number of thiophene rings is 1. The molecular weight excluding hydrogens is 252 g/mol. The Morgan fingerprint density at radius 1 is 1.26 bits per heavy atom. The van der Waals surface area contributed by atoms with E-state index in [4.69, 9.17) is 0 Å². The van der Waals surface area contributed by atoms with E-state index < -0.39 is 0 Å². The van der Waals surface area contributed by atoms with Crippen LogP contribution in [0.5, 0.6) is 0 Å². The van der Waals surface area contributed by atoms with Gasteiger partial charge in [-0.1, -0.05) is 25.8 Å². The minimum absolute atomic E-state index is 0.400. The molecule has 2 nitrogen and oxygen atoms in total. The highest BCUT2D eigenvalue weighted by molar-refractivity contribution is 7.10. The van der Waals surface area contributed by atoms with Gasteiger partial charge in [0.05, 0.1) is 6.04 Å². The van der Waals surface area contributed by atoms with Gasteiger partial charge in [0.15, 0.2) is 0 Å². The van der Waals surface area contributed by atoms with Crippen LogP contribution in [0.2, 0.25) is 0 Å². The van der Waals surface area contributed by atoms with Crippen molar-refractivity contribution in [1.82, 2.24) is 10.2 Å². The molecule has 3 rings (SSSR count).